The van der Waals surface area contributed by atoms with Gasteiger partial charge in [0.15, 0.2) is 0 Å². The zero-order valence-corrected chi connectivity index (χ0v) is 11.4. The molecule has 1 N–H and O–H groups in total. The second-order valence-corrected chi connectivity index (χ2v) is 4.88. The van der Waals surface area contributed by atoms with Crippen molar-refractivity contribution in [2.24, 2.45) is 0 Å². The molecule has 6 heteroatoms. The van der Waals surface area contributed by atoms with Crippen molar-refractivity contribution < 1.29 is 4.79 Å². The Hall–Kier alpha value is -1.36. The number of carbonyl (C=O) groups excluding carboxylic acids is 1. The molecular weight excluding hydrogens is 252 g/mol. The zero-order valence-electron chi connectivity index (χ0n) is 10.6. The third kappa shape index (κ3) is 3.32. The summed E-state index contributed by atoms with van der Waals surface area (Å²) in [7, 11) is 1.82. The fourth-order valence-electron chi connectivity index (χ4n) is 1.69. The predicted molar refractivity (Wildman–Crippen MR) is 71.0 cm³/mol. The van der Waals surface area contributed by atoms with Crippen LogP contribution in [0.4, 0.5) is 5.82 Å². The third-order valence-corrected chi connectivity index (χ3v) is 2.98. The average molecular weight is 269 g/mol. The van der Waals surface area contributed by atoms with Crippen LogP contribution in [-0.4, -0.2) is 36.0 Å². The molecule has 0 radical (unpaired) electrons. The van der Waals surface area contributed by atoms with Crippen LogP contribution in [0, 0.1) is 0 Å². The van der Waals surface area contributed by atoms with E-state index in [1.54, 1.807) is 11.0 Å². The molecule has 1 aromatic heterocycles. The van der Waals surface area contributed by atoms with Crippen molar-refractivity contribution >= 4 is 23.3 Å². The molecule has 0 unspecified atom stereocenters. The van der Waals surface area contributed by atoms with Crippen molar-refractivity contribution in [2.75, 3.05) is 25.0 Å². The van der Waals surface area contributed by atoms with E-state index in [0.29, 0.717) is 23.4 Å². The van der Waals surface area contributed by atoms with Crippen molar-refractivity contribution in [3.63, 3.8) is 0 Å². The summed E-state index contributed by atoms with van der Waals surface area (Å²) in [6.07, 6.45) is 2.25. The number of nitrogens with zero attached hydrogens (tertiary/aromatic N) is 3. The first-order valence-corrected chi connectivity index (χ1v) is 6.50. The second-order valence-electron chi connectivity index (χ2n) is 4.49. The molecule has 0 bridgehead atoms. The van der Waals surface area contributed by atoms with Gasteiger partial charge in [0.1, 0.15) is 16.8 Å². The summed E-state index contributed by atoms with van der Waals surface area (Å²) in [5.41, 5.74) is 0. The molecule has 1 amide bonds. The summed E-state index contributed by atoms with van der Waals surface area (Å²) in [6, 6.07) is 1.69. The molecule has 1 aromatic rings. The summed E-state index contributed by atoms with van der Waals surface area (Å²) in [6.45, 7) is 2.79. The second kappa shape index (κ2) is 5.52. The monoisotopic (exact) mass is 268 g/mol. The van der Waals surface area contributed by atoms with Gasteiger partial charge in [0.2, 0.25) is 5.91 Å². The van der Waals surface area contributed by atoms with E-state index in [2.05, 4.69) is 15.3 Å². The molecule has 98 valence electrons. The van der Waals surface area contributed by atoms with Gasteiger partial charge in [0.25, 0.3) is 0 Å². The molecule has 1 aliphatic rings. The lowest BCUT2D eigenvalue weighted by molar-refractivity contribution is -0.119. The Morgan fingerprint density at radius 2 is 2.28 bits per heavy atom. The van der Waals surface area contributed by atoms with E-state index in [9.17, 15) is 4.79 Å². The number of nitrogens with one attached hydrogen (secondary N) is 1. The van der Waals surface area contributed by atoms with Gasteiger partial charge in [-0.2, -0.15) is 0 Å². The van der Waals surface area contributed by atoms with E-state index >= 15 is 0 Å². The van der Waals surface area contributed by atoms with Gasteiger partial charge in [-0.3, -0.25) is 4.79 Å². The number of rotatable bonds is 5. The molecule has 5 nitrogen and oxygen atoms in total. The lowest BCUT2D eigenvalue weighted by atomic mass is 10.4. The van der Waals surface area contributed by atoms with Gasteiger partial charge in [-0.15, -0.1) is 0 Å². The number of hydrogen-bond donors (Lipinski definition) is 1. The largest absolute Gasteiger partial charge is 0.355 e. The van der Waals surface area contributed by atoms with E-state index < -0.39 is 0 Å². The minimum Gasteiger partial charge on any atom is -0.355 e. The van der Waals surface area contributed by atoms with Crippen LogP contribution in [-0.2, 0) is 4.79 Å². The topological polar surface area (TPSA) is 58.1 Å². The first-order valence-electron chi connectivity index (χ1n) is 6.12. The Balaban J connectivity index is 2.09. The quantitative estimate of drug-likeness (QED) is 0.824. The molecule has 18 heavy (non-hydrogen) atoms. The molecule has 0 saturated heterocycles. The highest BCUT2D eigenvalue weighted by Crippen LogP contribution is 2.38. The average Bonchev–Trinajstić information content (AvgIpc) is 3.12. The van der Waals surface area contributed by atoms with Crippen LogP contribution in [0.3, 0.4) is 0 Å². The fraction of sp³-hybridized carbons (Fsp3) is 0.583. The van der Waals surface area contributed by atoms with E-state index in [0.717, 1.165) is 18.7 Å². The highest BCUT2D eigenvalue weighted by Gasteiger charge is 2.27. The number of anilines is 1. The van der Waals surface area contributed by atoms with Crippen LogP contribution in [0.1, 0.15) is 31.5 Å². The van der Waals surface area contributed by atoms with Crippen LogP contribution in [0.5, 0.6) is 0 Å². The van der Waals surface area contributed by atoms with E-state index in [1.807, 2.05) is 14.0 Å². The standard InChI is InChI=1S/C12H17ClN4O/c1-3-14-11(18)7-17(2)10-6-9(13)15-12(16-10)8-4-5-8/h6,8H,3-5,7H2,1-2H3,(H,14,18). The maximum absolute atomic E-state index is 11.5. The van der Waals surface area contributed by atoms with E-state index in [1.165, 1.54) is 0 Å². The smallest absolute Gasteiger partial charge is 0.239 e. The summed E-state index contributed by atoms with van der Waals surface area (Å²) in [5.74, 6) is 1.91. The molecule has 0 aromatic carbocycles. The van der Waals surface area contributed by atoms with Gasteiger partial charge < -0.3 is 10.2 Å². The molecule has 0 aliphatic heterocycles. The van der Waals surface area contributed by atoms with Crippen LogP contribution in [0.15, 0.2) is 6.07 Å². The Morgan fingerprint density at radius 1 is 1.56 bits per heavy atom. The normalized spacial score (nSPS) is 14.4. The van der Waals surface area contributed by atoms with Crippen molar-refractivity contribution in [1.29, 1.82) is 0 Å². The third-order valence-electron chi connectivity index (χ3n) is 2.79. The van der Waals surface area contributed by atoms with E-state index in [4.69, 9.17) is 11.6 Å². The van der Waals surface area contributed by atoms with Crippen LogP contribution >= 0.6 is 11.6 Å². The number of aromatic nitrogens is 2. The maximum atomic E-state index is 11.5. The Morgan fingerprint density at radius 3 is 2.89 bits per heavy atom. The minimum atomic E-state index is -0.0253. The fourth-order valence-corrected chi connectivity index (χ4v) is 1.88. The van der Waals surface area contributed by atoms with Crippen LogP contribution in [0.2, 0.25) is 5.15 Å². The van der Waals surface area contributed by atoms with Crippen LogP contribution in [0.25, 0.3) is 0 Å². The van der Waals surface area contributed by atoms with Crippen molar-refractivity contribution in [3.8, 4) is 0 Å². The zero-order chi connectivity index (χ0) is 13.1. The van der Waals surface area contributed by atoms with Gasteiger partial charge in [-0.1, -0.05) is 11.6 Å². The van der Waals surface area contributed by atoms with Crippen molar-refractivity contribution in [2.45, 2.75) is 25.7 Å². The molecule has 0 spiro atoms. The lowest BCUT2D eigenvalue weighted by Crippen LogP contribution is -2.35. The molecule has 1 fully saturated rings. The maximum Gasteiger partial charge on any atom is 0.239 e. The van der Waals surface area contributed by atoms with Gasteiger partial charge in [0, 0.05) is 25.6 Å². The highest BCUT2D eigenvalue weighted by atomic mass is 35.5. The minimum absolute atomic E-state index is 0.0253. The summed E-state index contributed by atoms with van der Waals surface area (Å²) >= 11 is 5.99. The van der Waals surface area contributed by atoms with Gasteiger partial charge in [-0.25, -0.2) is 9.97 Å². The SMILES string of the molecule is CCNC(=O)CN(C)c1cc(Cl)nc(C2CC2)n1. The Kier molecular flexibility index (Phi) is 4.01. The van der Waals surface area contributed by atoms with Crippen molar-refractivity contribution in [1.82, 2.24) is 15.3 Å². The molecule has 1 heterocycles. The first kappa shape index (κ1) is 13.1. The van der Waals surface area contributed by atoms with Crippen LogP contribution < -0.4 is 10.2 Å². The Bertz CT molecular complexity index is 448. The number of halogens is 1. The molecule has 0 atom stereocenters. The predicted octanol–water partition coefficient (Wildman–Crippen LogP) is 1.58. The van der Waals surface area contributed by atoms with Gasteiger partial charge in [0.05, 0.1) is 6.54 Å². The number of amides is 1. The molecule has 1 saturated carbocycles. The molecule has 1 aliphatic carbocycles. The number of hydrogen-bond acceptors (Lipinski definition) is 4. The van der Waals surface area contributed by atoms with Gasteiger partial charge in [-0.05, 0) is 19.8 Å². The highest BCUT2D eigenvalue weighted by molar-refractivity contribution is 6.29. The van der Waals surface area contributed by atoms with E-state index in [-0.39, 0.29) is 12.5 Å². The summed E-state index contributed by atoms with van der Waals surface area (Å²) in [4.78, 5) is 22.0. The Labute approximate surface area is 112 Å². The first-order chi connectivity index (χ1) is 8.60. The number of carbonyl (C=O) groups is 1. The summed E-state index contributed by atoms with van der Waals surface area (Å²) in [5, 5.41) is 3.19. The molecule has 2 rings (SSSR count). The van der Waals surface area contributed by atoms with Crippen molar-refractivity contribution in [3.05, 3.63) is 17.0 Å². The lowest BCUT2D eigenvalue weighted by Gasteiger charge is -2.18. The summed E-state index contributed by atoms with van der Waals surface area (Å²) < 4.78 is 0. The molecular formula is C12H17ClN4O. The van der Waals surface area contributed by atoms with Gasteiger partial charge >= 0.3 is 0 Å². The number of likely N-dealkylation sites (N-methyl/N-ethyl adjacent to an activating group) is 2.